The van der Waals surface area contributed by atoms with E-state index in [1.165, 1.54) is 0 Å². The van der Waals surface area contributed by atoms with Gasteiger partial charge in [0.05, 0.1) is 5.70 Å². The highest BCUT2D eigenvalue weighted by Gasteiger charge is 1.97. The maximum absolute atomic E-state index is 4.12. The third-order valence-corrected chi connectivity index (χ3v) is 1.09. The van der Waals surface area contributed by atoms with Crippen molar-refractivity contribution in [3.05, 3.63) is 11.9 Å². The fourth-order valence-corrected chi connectivity index (χ4v) is 0.574. The van der Waals surface area contributed by atoms with Crippen molar-refractivity contribution in [2.75, 3.05) is 0 Å². The molecule has 0 aliphatic carbocycles. The van der Waals surface area contributed by atoms with Gasteiger partial charge in [0, 0.05) is 12.4 Å². The molecule has 0 aromatic heterocycles. The zero-order valence-electron chi connectivity index (χ0n) is 6.83. The highest BCUT2D eigenvalue weighted by atomic mass is 14.8. The van der Waals surface area contributed by atoms with E-state index < -0.39 is 0 Å². The smallest absolute Gasteiger partial charge is 0.0607 e. The van der Waals surface area contributed by atoms with Crippen LogP contribution in [0.15, 0.2) is 21.9 Å². The van der Waals surface area contributed by atoms with Gasteiger partial charge in [-0.05, 0) is 19.6 Å². The first-order valence-corrected chi connectivity index (χ1v) is 3.37. The van der Waals surface area contributed by atoms with E-state index in [1.54, 1.807) is 12.4 Å². The molecule has 56 valence electrons. The summed E-state index contributed by atoms with van der Waals surface area (Å²) >= 11 is 0. The summed E-state index contributed by atoms with van der Waals surface area (Å²) in [6, 6.07) is 0. The summed E-state index contributed by atoms with van der Waals surface area (Å²) in [4.78, 5) is 7.77. The quantitative estimate of drug-likeness (QED) is 0.534. The van der Waals surface area contributed by atoms with Gasteiger partial charge in [-0.15, -0.1) is 0 Å². The highest BCUT2D eigenvalue weighted by Crippen LogP contribution is 2.09. The van der Waals surface area contributed by atoms with Crippen LogP contribution in [0.3, 0.4) is 0 Å². The average molecular weight is 138 g/mol. The Bertz CT molecular complexity index is 155. The molecule has 2 heteroatoms. The molecule has 10 heavy (non-hydrogen) atoms. The third kappa shape index (κ3) is 3.17. The minimum absolute atomic E-state index is 0.418. The van der Waals surface area contributed by atoms with E-state index in [1.807, 2.05) is 6.92 Å². The standard InChI is InChI=1S/C8H14N2/c1-5-10-8(6-9-4)7(2)3/h5-7H,4H2,1-3H3/b8-6-,10-5?. The summed E-state index contributed by atoms with van der Waals surface area (Å²) in [5, 5.41) is 0. The fourth-order valence-electron chi connectivity index (χ4n) is 0.574. The molecule has 0 radical (unpaired) electrons. The lowest BCUT2D eigenvalue weighted by Crippen LogP contribution is -1.89. The molecule has 0 amide bonds. The van der Waals surface area contributed by atoms with Gasteiger partial charge in [0.15, 0.2) is 0 Å². The Hall–Kier alpha value is -0.920. The summed E-state index contributed by atoms with van der Waals surface area (Å²) in [7, 11) is 0. The summed E-state index contributed by atoms with van der Waals surface area (Å²) in [6.07, 6.45) is 3.45. The Morgan fingerprint density at radius 1 is 1.50 bits per heavy atom. The van der Waals surface area contributed by atoms with Gasteiger partial charge in [-0.2, -0.15) is 0 Å². The molecule has 0 aromatic carbocycles. The topological polar surface area (TPSA) is 24.7 Å². The van der Waals surface area contributed by atoms with Gasteiger partial charge in [-0.25, -0.2) is 0 Å². The Balaban J connectivity index is 4.25. The summed E-state index contributed by atoms with van der Waals surface area (Å²) in [5.41, 5.74) is 0.970. The lowest BCUT2D eigenvalue weighted by molar-refractivity contribution is 0.756. The first-order chi connectivity index (χ1) is 4.72. The van der Waals surface area contributed by atoms with Crippen molar-refractivity contribution < 1.29 is 0 Å². The summed E-state index contributed by atoms with van der Waals surface area (Å²) < 4.78 is 0. The molecule has 0 N–H and O–H groups in total. The van der Waals surface area contributed by atoms with Gasteiger partial charge in [0.1, 0.15) is 0 Å². The molecule has 2 nitrogen and oxygen atoms in total. The van der Waals surface area contributed by atoms with Crippen molar-refractivity contribution in [2.45, 2.75) is 20.8 Å². The van der Waals surface area contributed by atoms with Crippen LogP contribution in [-0.2, 0) is 0 Å². The van der Waals surface area contributed by atoms with Crippen LogP contribution in [0.2, 0.25) is 0 Å². The molecule has 0 aliphatic rings. The highest BCUT2D eigenvalue weighted by molar-refractivity contribution is 5.55. The Kier molecular flexibility index (Phi) is 4.46. The van der Waals surface area contributed by atoms with Crippen molar-refractivity contribution in [2.24, 2.45) is 15.9 Å². The van der Waals surface area contributed by atoms with Gasteiger partial charge in [0.25, 0.3) is 0 Å². The van der Waals surface area contributed by atoms with Crippen molar-refractivity contribution in [3.63, 3.8) is 0 Å². The maximum atomic E-state index is 4.12. The maximum Gasteiger partial charge on any atom is 0.0607 e. The summed E-state index contributed by atoms with van der Waals surface area (Å²) in [5.74, 6) is 0.418. The molecule has 0 atom stereocenters. The average Bonchev–Trinajstić information content (AvgIpc) is 1.87. The molecule has 0 saturated carbocycles. The molecule has 0 saturated heterocycles. The van der Waals surface area contributed by atoms with Gasteiger partial charge in [0.2, 0.25) is 0 Å². The van der Waals surface area contributed by atoms with Crippen LogP contribution >= 0.6 is 0 Å². The number of rotatable bonds is 3. The van der Waals surface area contributed by atoms with Crippen LogP contribution in [0.4, 0.5) is 0 Å². The Labute approximate surface area is 62.4 Å². The van der Waals surface area contributed by atoms with Crippen LogP contribution in [0, 0.1) is 5.92 Å². The lowest BCUT2D eigenvalue weighted by Gasteiger charge is -2.01. The van der Waals surface area contributed by atoms with E-state index in [-0.39, 0.29) is 0 Å². The minimum atomic E-state index is 0.418. The number of nitrogens with zero attached hydrogens (tertiary/aromatic N) is 2. The normalized spacial score (nSPS) is 13.0. The van der Waals surface area contributed by atoms with Crippen molar-refractivity contribution in [3.8, 4) is 0 Å². The number of hydrogen-bond donors (Lipinski definition) is 0. The van der Waals surface area contributed by atoms with E-state index in [9.17, 15) is 0 Å². The van der Waals surface area contributed by atoms with Crippen molar-refractivity contribution >= 4 is 12.9 Å². The first kappa shape index (κ1) is 9.08. The predicted octanol–water partition coefficient (Wildman–Crippen LogP) is 2.28. The number of hydrogen-bond acceptors (Lipinski definition) is 2. The third-order valence-electron chi connectivity index (χ3n) is 1.09. The molecule has 0 rings (SSSR count). The molecule has 0 aliphatic heterocycles. The second-order valence-corrected chi connectivity index (χ2v) is 2.28. The van der Waals surface area contributed by atoms with Crippen molar-refractivity contribution in [1.82, 2.24) is 0 Å². The molecule has 0 bridgehead atoms. The van der Waals surface area contributed by atoms with Gasteiger partial charge in [-0.1, -0.05) is 13.8 Å². The van der Waals surface area contributed by atoms with E-state index in [0.717, 1.165) is 5.70 Å². The molecule has 0 fully saturated rings. The molecule has 0 unspecified atom stereocenters. The first-order valence-electron chi connectivity index (χ1n) is 3.37. The Morgan fingerprint density at radius 2 is 2.10 bits per heavy atom. The number of allylic oxidation sites excluding steroid dienone is 1. The van der Waals surface area contributed by atoms with E-state index in [2.05, 4.69) is 30.5 Å². The largest absolute Gasteiger partial charge is 0.271 e. The predicted molar refractivity (Wildman–Crippen MR) is 46.6 cm³/mol. The second kappa shape index (κ2) is 4.91. The van der Waals surface area contributed by atoms with Crippen LogP contribution in [0.5, 0.6) is 0 Å². The van der Waals surface area contributed by atoms with Gasteiger partial charge >= 0.3 is 0 Å². The van der Waals surface area contributed by atoms with E-state index in [0.29, 0.717) is 5.92 Å². The molecule has 0 aromatic rings. The van der Waals surface area contributed by atoms with Gasteiger partial charge in [-0.3, -0.25) is 9.98 Å². The lowest BCUT2D eigenvalue weighted by atomic mass is 10.1. The fraction of sp³-hybridized carbons (Fsp3) is 0.500. The monoisotopic (exact) mass is 138 g/mol. The van der Waals surface area contributed by atoms with E-state index >= 15 is 0 Å². The second-order valence-electron chi connectivity index (χ2n) is 2.28. The van der Waals surface area contributed by atoms with Crippen LogP contribution in [0.25, 0.3) is 0 Å². The van der Waals surface area contributed by atoms with Crippen LogP contribution in [-0.4, -0.2) is 12.9 Å². The van der Waals surface area contributed by atoms with Crippen molar-refractivity contribution in [1.29, 1.82) is 0 Å². The molecule has 0 spiro atoms. The molecule has 0 heterocycles. The minimum Gasteiger partial charge on any atom is -0.271 e. The zero-order chi connectivity index (χ0) is 7.98. The zero-order valence-corrected chi connectivity index (χ0v) is 6.83. The van der Waals surface area contributed by atoms with Crippen LogP contribution < -0.4 is 0 Å². The molecular weight excluding hydrogens is 124 g/mol. The molecular formula is C8H14N2. The SMILES string of the molecule is C=N/C=C(\N=CC)C(C)C. The van der Waals surface area contributed by atoms with Crippen LogP contribution in [0.1, 0.15) is 20.8 Å². The van der Waals surface area contributed by atoms with E-state index in [4.69, 9.17) is 0 Å². The van der Waals surface area contributed by atoms with Gasteiger partial charge < -0.3 is 0 Å². The number of aliphatic imine (C=N–C) groups is 2. The Morgan fingerprint density at radius 3 is 2.40 bits per heavy atom. The summed E-state index contributed by atoms with van der Waals surface area (Å²) in [6.45, 7) is 9.40.